The molecule has 3 aromatic heterocycles. The van der Waals surface area contributed by atoms with Crippen molar-refractivity contribution in [1.29, 1.82) is 0 Å². The van der Waals surface area contributed by atoms with Gasteiger partial charge in [-0.2, -0.15) is 0 Å². The number of nitrogens with zero attached hydrogens (tertiary/aromatic N) is 2. The third-order valence-electron chi connectivity index (χ3n) is 4.39. The lowest BCUT2D eigenvalue weighted by atomic mass is 10.2. The average molecular weight is 354 g/mol. The number of carbonyl (C=O) groups is 1. The molecule has 0 unspecified atom stereocenters. The Balaban J connectivity index is 1.44. The molecule has 0 atom stereocenters. The van der Waals surface area contributed by atoms with Gasteiger partial charge in [0.25, 0.3) is 0 Å². The van der Waals surface area contributed by atoms with Crippen LogP contribution in [0.4, 0.5) is 5.69 Å². The van der Waals surface area contributed by atoms with Crippen molar-refractivity contribution in [3.05, 3.63) is 84.3 Å². The highest BCUT2D eigenvalue weighted by atomic mass is 16.5. The molecule has 0 radical (unpaired) electrons. The van der Waals surface area contributed by atoms with E-state index in [1.807, 2.05) is 42.5 Å². The molecule has 6 heteroatoms. The minimum Gasteiger partial charge on any atom is -0.437 e. The van der Waals surface area contributed by atoms with Crippen LogP contribution in [0.1, 0.15) is 5.56 Å². The molecule has 0 bridgehead atoms. The number of rotatable bonds is 3. The monoisotopic (exact) mass is 354 g/mol. The largest absolute Gasteiger partial charge is 0.437 e. The quantitative estimate of drug-likeness (QED) is 0.544. The Morgan fingerprint density at radius 2 is 1.89 bits per heavy atom. The number of nitrogens with one attached hydrogen (secondary N) is 2. The fraction of sp³-hybridized carbons (Fsp3) is 0. The van der Waals surface area contributed by atoms with Gasteiger partial charge in [0.05, 0.1) is 17.3 Å². The maximum Gasteiger partial charge on any atom is 0.226 e. The lowest BCUT2D eigenvalue weighted by Gasteiger charge is -2.09. The van der Waals surface area contributed by atoms with Gasteiger partial charge in [-0.25, -0.2) is 4.98 Å². The minimum absolute atomic E-state index is 0.191. The predicted molar refractivity (Wildman–Crippen MR) is 104 cm³/mol. The number of para-hydroxylation sites is 1. The number of fused-ring (bicyclic) bond motifs is 2. The number of benzene rings is 1. The molecule has 0 amide bonds. The van der Waals surface area contributed by atoms with E-state index < -0.39 is 0 Å². The van der Waals surface area contributed by atoms with Gasteiger partial charge in [-0.1, -0.05) is 18.2 Å². The van der Waals surface area contributed by atoms with Gasteiger partial charge in [0.15, 0.2) is 5.76 Å². The summed E-state index contributed by atoms with van der Waals surface area (Å²) in [5.41, 5.74) is 3.22. The van der Waals surface area contributed by atoms with Gasteiger partial charge >= 0.3 is 0 Å². The molecular formula is C21H14N4O2. The number of pyridine rings is 2. The number of hydrogen-bond donors (Lipinski definition) is 2. The number of allylic oxidation sites excluding steroid dienone is 1. The molecule has 2 N–H and O–H groups in total. The second-order valence-electron chi connectivity index (χ2n) is 6.13. The van der Waals surface area contributed by atoms with Crippen LogP contribution in [-0.4, -0.2) is 20.7 Å². The van der Waals surface area contributed by atoms with Crippen LogP contribution < -0.4 is 5.32 Å². The van der Waals surface area contributed by atoms with Gasteiger partial charge in [-0.3, -0.25) is 9.78 Å². The lowest BCUT2D eigenvalue weighted by Crippen LogP contribution is -2.00. The summed E-state index contributed by atoms with van der Waals surface area (Å²) in [6.45, 7) is 0. The van der Waals surface area contributed by atoms with E-state index in [0.29, 0.717) is 5.88 Å². The van der Waals surface area contributed by atoms with Gasteiger partial charge < -0.3 is 15.0 Å². The van der Waals surface area contributed by atoms with Crippen molar-refractivity contribution in [2.24, 2.45) is 0 Å². The van der Waals surface area contributed by atoms with Crippen LogP contribution >= 0.6 is 0 Å². The zero-order valence-electron chi connectivity index (χ0n) is 14.1. The molecule has 6 nitrogen and oxygen atoms in total. The number of ether oxygens (including phenoxy) is 1. The third-order valence-corrected chi connectivity index (χ3v) is 4.39. The normalized spacial score (nSPS) is 15.3. The standard InChI is InChI=1S/C21H14N4O2/c26-17-11-19(25-16-7-1-4-13-5-2-8-22-20(13)16)27-18(17)10-14-12-24-21-15(14)6-3-9-23-21/h1-12,25H,(H,23,24). The molecule has 27 heavy (non-hydrogen) atoms. The summed E-state index contributed by atoms with van der Waals surface area (Å²) < 4.78 is 5.75. The van der Waals surface area contributed by atoms with Gasteiger partial charge in [0.1, 0.15) is 5.65 Å². The molecule has 5 rings (SSSR count). The van der Waals surface area contributed by atoms with Gasteiger partial charge in [-0.15, -0.1) is 0 Å². The summed E-state index contributed by atoms with van der Waals surface area (Å²) in [6.07, 6.45) is 8.42. The summed E-state index contributed by atoms with van der Waals surface area (Å²) in [4.78, 5) is 24.1. The first-order valence-corrected chi connectivity index (χ1v) is 8.46. The van der Waals surface area contributed by atoms with E-state index in [9.17, 15) is 4.79 Å². The molecule has 1 aliphatic rings. The molecule has 0 spiro atoms. The first-order valence-electron chi connectivity index (χ1n) is 8.46. The van der Waals surface area contributed by atoms with Crippen molar-refractivity contribution in [2.45, 2.75) is 0 Å². The lowest BCUT2D eigenvalue weighted by molar-refractivity contribution is -0.112. The molecule has 1 aromatic carbocycles. The Morgan fingerprint density at radius 3 is 2.85 bits per heavy atom. The number of carbonyl (C=O) groups excluding carboxylic acids is 1. The number of H-pyrrole nitrogens is 1. The highest BCUT2D eigenvalue weighted by molar-refractivity contribution is 6.09. The van der Waals surface area contributed by atoms with E-state index in [2.05, 4.69) is 20.3 Å². The molecule has 1 aliphatic heterocycles. The van der Waals surface area contributed by atoms with Crippen molar-refractivity contribution in [1.82, 2.24) is 15.0 Å². The highest BCUT2D eigenvalue weighted by Gasteiger charge is 2.22. The first kappa shape index (κ1) is 15.3. The highest BCUT2D eigenvalue weighted by Crippen LogP contribution is 2.27. The van der Waals surface area contributed by atoms with Crippen molar-refractivity contribution in [2.75, 3.05) is 5.32 Å². The van der Waals surface area contributed by atoms with E-state index in [1.54, 1.807) is 24.7 Å². The zero-order valence-corrected chi connectivity index (χ0v) is 14.1. The molecule has 0 saturated carbocycles. The average Bonchev–Trinajstić information content (AvgIpc) is 3.26. The van der Waals surface area contributed by atoms with Crippen molar-refractivity contribution < 1.29 is 9.53 Å². The second-order valence-corrected chi connectivity index (χ2v) is 6.13. The molecular weight excluding hydrogens is 340 g/mol. The molecule has 4 aromatic rings. The summed E-state index contributed by atoms with van der Waals surface area (Å²) in [7, 11) is 0. The van der Waals surface area contributed by atoms with Crippen LogP contribution in [0.15, 0.2) is 78.8 Å². The number of ketones is 1. The Hall–Kier alpha value is -3.93. The van der Waals surface area contributed by atoms with Crippen LogP contribution in [0.5, 0.6) is 0 Å². The van der Waals surface area contributed by atoms with E-state index in [1.165, 1.54) is 6.08 Å². The molecule has 0 fully saturated rings. The van der Waals surface area contributed by atoms with Gasteiger partial charge in [-0.05, 0) is 30.3 Å². The molecule has 0 saturated heterocycles. The first-order chi connectivity index (χ1) is 13.3. The summed E-state index contributed by atoms with van der Waals surface area (Å²) in [5, 5.41) is 5.10. The van der Waals surface area contributed by atoms with E-state index >= 15 is 0 Å². The number of anilines is 1. The van der Waals surface area contributed by atoms with E-state index in [0.717, 1.165) is 33.2 Å². The summed E-state index contributed by atoms with van der Waals surface area (Å²) >= 11 is 0. The zero-order chi connectivity index (χ0) is 18.2. The second kappa shape index (κ2) is 6.10. The van der Waals surface area contributed by atoms with Crippen molar-refractivity contribution in [3.8, 4) is 0 Å². The smallest absolute Gasteiger partial charge is 0.226 e. The Bertz CT molecular complexity index is 1250. The Labute approximate surface area is 154 Å². The predicted octanol–water partition coefficient (Wildman–Crippen LogP) is 4.00. The molecule has 130 valence electrons. The van der Waals surface area contributed by atoms with E-state index in [-0.39, 0.29) is 11.5 Å². The summed E-state index contributed by atoms with van der Waals surface area (Å²) in [6, 6.07) is 13.5. The van der Waals surface area contributed by atoms with Crippen molar-refractivity contribution in [3.63, 3.8) is 0 Å². The molecule has 4 heterocycles. The van der Waals surface area contributed by atoms with Gasteiger partial charge in [0.2, 0.25) is 11.7 Å². The Morgan fingerprint density at radius 1 is 1.04 bits per heavy atom. The summed E-state index contributed by atoms with van der Waals surface area (Å²) in [5.74, 6) is 0.446. The van der Waals surface area contributed by atoms with Crippen LogP contribution in [0, 0.1) is 0 Å². The fourth-order valence-electron chi connectivity index (χ4n) is 3.13. The maximum absolute atomic E-state index is 12.3. The SMILES string of the molecule is O=C1C=C(Nc2cccc3cccnc23)OC1=Cc1c[nH]c2ncccc12. The third kappa shape index (κ3) is 2.73. The topological polar surface area (TPSA) is 79.9 Å². The minimum atomic E-state index is -0.191. The van der Waals surface area contributed by atoms with Gasteiger partial charge in [0, 0.05) is 34.9 Å². The van der Waals surface area contributed by atoms with E-state index in [4.69, 9.17) is 4.74 Å². The number of hydrogen-bond acceptors (Lipinski definition) is 5. The van der Waals surface area contributed by atoms with Crippen molar-refractivity contribution >= 4 is 39.5 Å². The number of aromatic nitrogens is 3. The van der Waals surface area contributed by atoms with Crippen LogP contribution in [0.25, 0.3) is 28.0 Å². The van der Waals surface area contributed by atoms with Crippen LogP contribution in [0.2, 0.25) is 0 Å². The molecule has 0 aliphatic carbocycles. The van der Waals surface area contributed by atoms with Crippen LogP contribution in [0.3, 0.4) is 0 Å². The fourth-order valence-corrected chi connectivity index (χ4v) is 3.13. The number of aromatic amines is 1. The Kier molecular flexibility index (Phi) is 3.47. The van der Waals surface area contributed by atoms with Crippen LogP contribution in [-0.2, 0) is 9.53 Å². The maximum atomic E-state index is 12.3.